The maximum atomic E-state index is 12.8. The van der Waals surface area contributed by atoms with E-state index in [1.165, 1.54) is 20.9 Å². The number of amides is 3. The fraction of sp³-hybridized carbons (Fsp3) is 0.500. The van der Waals surface area contributed by atoms with Gasteiger partial charge in [-0.25, -0.2) is 9.37 Å². The molecule has 0 bridgehead atoms. The van der Waals surface area contributed by atoms with Crippen LogP contribution in [0.2, 0.25) is 0 Å². The van der Waals surface area contributed by atoms with Gasteiger partial charge in [0.2, 0.25) is 0 Å². The Labute approximate surface area is 164 Å². The number of benzene rings is 1. The lowest BCUT2D eigenvalue weighted by molar-refractivity contribution is -0.533. The minimum Gasteiger partial charge on any atom is -0.269 e. The highest BCUT2D eigenvalue weighted by Gasteiger charge is 2.52. The molecule has 1 atom stereocenters. The van der Waals surface area contributed by atoms with Gasteiger partial charge < -0.3 is 0 Å². The first-order valence-corrected chi connectivity index (χ1v) is 10.4. The molecular weight excluding hydrogens is 360 g/mol. The molecule has 1 unspecified atom stereocenters. The molecule has 7 heteroatoms. The van der Waals surface area contributed by atoms with Crippen molar-refractivity contribution in [3.8, 4) is 0 Å². The van der Waals surface area contributed by atoms with Gasteiger partial charge in [-0.15, -0.1) is 0 Å². The molecule has 144 valence electrons. The molecule has 6 nitrogen and oxygen atoms in total. The van der Waals surface area contributed by atoms with Crippen LogP contribution in [0.15, 0.2) is 29.3 Å². The van der Waals surface area contributed by atoms with E-state index in [0.29, 0.717) is 5.84 Å². The van der Waals surface area contributed by atoms with Crippen LogP contribution in [-0.4, -0.2) is 64.0 Å². The average molecular weight is 388 g/mol. The summed E-state index contributed by atoms with van der Waals surface area (Å²) in [6.07, 6.45) is 3.22. The lowest BCUT2D eigenvalue weighted by Crippen LogP contribution is -2.61. The second kappa shape index (κ2) is 8.25. The number of rotatable bonds is 6. The van der Waals surface area contributed by atoms with Crippen LogP contribution in [0.4, 0.5) is 4.79 Å². The van der Waals surface area contributed by atoms with Crippen molar-refractivity contribution in [2.75, 3.05) is 20.6 Å². The molecule has 1 saturated heterocycles. The highest BCUT2D eigenvalue weighted by atomic mass is 32.2. The summed E-state index contributed by atoms with van der Waals surface area (Å²) in [5.74, 6) is 1.13. The van der Waals surface area contributed by atoms with Crippen LogP contribution in [-0.2, 0) is 10.5 Å². The third kappa shape index (κ3) is 3.93. The number of amidine groups is 2. The van der Waals surface area contributed by atoms with E-state index in [1.54, 1.807) is 25.9 Å². The molecule has 2 heterocycles. The van der Waals surface area contributed by atoms with E-state index < -0.39 is 6.04 Å². The maximum absolute atomic E-state index is 12.8. The van der Waals surface area contributed by atoms with Gasteiger partial charge in [-0.2, -0.15) is 0 Å². The predicted octanol–water partition coefficient (Wildman–Crippen LogP) is 3.09. The number of carbonyl (C=O) groups is 2. The smallest absolute Gasteiger partial charge is 0.269 e. The summed E-state index contributed by atoms with van der Waals surface area (Å²) >= 11 is 1.63. The molecule has 0 aliphatic carbocycles. The number of fused-ring (bicyclic) bond motifs is 1. The molecule has 2 aliphatic heterocycles. The number of hydrogen-bond acceptors (Lipinski definition) is 4. The molecule has 0 radical (unpaired) electrons. The first-order chi connectivity index (χ1) is 12.9. The number of unbranched alkanes of at least 4 members (excludes halogenated alkanes) is 2. The average Bonchev–Trinajstić information content (AvgIpc) is 3.03. The SMILES string of the molecule is CCCCC[N+]1=C(SCc2ccc(C)cc2)N=C2C1C(=O)N(C)C(=O)N2C. The fourth-order valence-corrected chi connectivity index (χ4v) is 4.29. The molecule has 0 spiro atoms. The Hall–Kier alpha value is -2.15. The van der Waals surface area contributed by atoms with Crippen LogP contribution >= 0.6 is 11.8 Å². The summed E-state index contributed by atoms with van der Waals surface area (Å²) in [7, 11) is 3.23. The number of aliphatic imine (C=N–C) groups is 1. The second-order valence-electron chi connectivity index (χ2n) is 7.07. The summed E-state index contributed by atoms with van der Waals surface area (Å²) in [6.45, 7) is 5.00. The quantitative estimate of drug-likeness (QED) is 0.557. The summed E-state index contributed by atoms with van der Waals surface area (Å²) in [5, 5.41) is 0.829. The van der Waals surface area contributed by atoms with Gasteiger partial charge in [0.1, 0.15) is 0 Å². The number of imide groups is 1. The lowest BCUT2D eigenvalue weighted by atomic mass is 10.1. The van der Waals surface area contributed by atoms with Crippen molar-refractivity contribution in [2.24, 2.45) is 4.99 Å². The van der Waals surface area contributed by atoms with E-state index in [0.717, 1.165) is 36.7 Å². The molecule has 1 aromatic rings. The van der Waals surface area contributed by atoms with Gasteiger partial charge >= 0.3 is 11.2 Å². The van der Waals surface area contributed by atoms with Gasteiger partial charge in [0.15, 0.2) is 0 Å². The molecule has 3 rings (SSSR count). The largest absolute Gasteiger partial charge is 0.358 e. The third-order valence-electron chi connectivity index (χ3n) is 4.99. The highest BCUT2D eigenvalue weighted by molar-refractivity contribution is 8.13. The topological polar surface area (TPSA) is 56.0 Å². The Bertz CT molecular complexity index is 801. The van der Waals surface area contributed by atoms with E-state index in [4.69, 9.17) is 4.99 Å². The van der Waals surface area contributed by atoms with Crippen molar-refractivity contribution >= 4 is 34.7 Å². The van der Waals surface area contributed by atoms with Crippen molar-refractivity contribution in [3.63, 3.8) is 0 Å². The van der Waals surface area contributed by atoms with Crippen molar-refractivity contribution in [2.45, 2.75) is 44.9 Å². The number of nitrogens with zero attached hydrogens (tertiary/aromatic N) is 4. The van der Waals surface area contributed by atoms with E-state index in [2.05, 4.69) is 42.7 Å². The van der Waals surface area contributed by atoms with E-state index in [1.807, 2.05) is 0 Å². The number of aryl methyl sites for hydroxylation is 1. The van der Waals surface area contributed by atoms with Gasteiger partial charge in [-0.3, -0.25) is 14.6 Å². The monoisotopic (exact) mass is 387 g/mol. The highest BCUT2D eigenvalue weighted by Crippen LogP contribution is 2.25. The molecule has 1 aromatic carbocycles. The summed E-state index contributed by atoms with van der Waals surface area (Å²) < 4.78 is 2.08. The first-order valence-electron chi connectivity index (χ1n) is 9.39. The number of likely N-dealkylation sites (N-methyl/N-ethyl adjacent to an activating group) is 2. The number of urea groups is 1. The zero-order chi connectivity index (χ0) is 19.6. The van der Waals surface area contributed by atoms with E-state index >= 15 is 0 Å². The van der Waals surface area contributed by atoms with Crippen LogP contribution in [0.25, 0.3) is 0 Å². The molecule has 1 fully saturated rings. The molecular formula is C20H27N4O2S+. The summed E-state index contributed by atoms with van der Waals surface area (Å²) in [4.78, 5) is 32.5. The molecule has 0 aromatic heterocycles. The van der Waals surface area contributed by atoms with Crippen LogP contribution in [0.1, 0.15) is 37.3 Å². The molecule has 0 saturated carbocycles. The number of hydrogen-bond donors (Lipinski definition) is 0. The van der Waals surface area contributed by atoms with Gasteiger partial charge in [0.25, 0.3) is 17.8 Å². The van der Waals surface area contributed by atoms with Crippen LogP contribution in [0.5, 0.6) is 0 Å². The lowest BCUT2D eigenvalue weighted by Gasteiger charge is -2.30. The zero-order valence-corrected chi connectivity index (χ0v) is 17.3. The normalized spacial score (nSPS) is 19.7. The van der Waals surface area contributed by atoms with Gasteiger partial charge in [-0.1, -0.05) is 43.2 Å². The van der Waals surface area contributed by atoms with Crippen LogP contribution in [0.3, 0.4) is 0 Å². The van der Waals surface area contributed by atoms with Crippen molar-refractivity contribution < 1.29 is 14.2 Å². The fourth-order valence-electron chi connectivity index (χ4n) is 3.28. The van der Waals surface area contributed by atoms with E-state index in [9.17, 15) is 9.59 Å². The zero-order valence-electron chi connectivity index (χ0n) is 16.4. The molecule has 3 amide bonds. The van der Waals surface area contributed by atoms with Crippen molar-refractivity contribution in [1.29, 1.82) is 0 Å². The van der Waals surface area contributed by atoms with Crippen LogP contribution < -0.4 is 0 Å². The minimum atomic E-state index is -0.491. The Kier molecular flexibility index (Phi) is 5.99. The standard InChI is InChI=1S/C20H27N4O2S/c1-5-6-7-12-24-16-17(22(3)20(26)23(4)18(16)25)21-19(24)27-13-15-10-8-14(2)9-11-15/h8-11,16H,5-7,12-13H2,1-4H3/q+1. The van der Waals surface area contributed by atoms with Crippen molar-refractivity contribution in [3.05, 3.63) is 35.4 Å². The minimum absolute atomic E-state index is 0.195. The summed E-state index contributed by atoms with van der Waals surface area (Å²) in [6, 6.07) is 7.63. The van der Waals surface area contributed by atoms with Crippen molar-refractivity contribution in [1.82, 2.24) is 9.80 Å². The van der Waals surface area contributed by atoms with Gasteiger partial charge in [0.05, 0.1) is 6.54 Å². The van der Waals surface area contributed by atoms with Gasteiger partial charge in [-0.05, 0) is 42.1 Å². The number of thioether (sulfide) groups is 1. The molecule has 0 N–H and O–H groups in total. The van der Waals surface area contributed by atoms with Crippen LogP contribution in [0, 0.1) is 6.92 Å². The van der Waals surface area contributed by atoms with Gasteiger partial charge in [0, 0.05) is 19.8 Å². The Morgan fingerprint density at radius 2 is 1.81 bits per heavy atom. The molecule has 2 aliphatic rings. The Balaban J connectivity index is 1.86. The Morgan fingerprint density at radius 3 is 2.48 bits per heavy atom. The predicted molar refractivity (Wildman–Crippen MR) is 109 cm³/mol. The first kappa shape index (κ1) is 19.6. The second-order valence-corrected chi connectivity index (χ2v) is 8.01. The maximum Gasteiger partial charge on any atom is 0.358 e. The van der Waals surface area contributed by atoms with E-state index in [-0.39, 0.29) is 11.9 Å². The third-order valence-corrected chi connectivity index (χ3v) is 6.05. The molecule has 27 heavy (non-hydrogen) atoms. The Morgan fingerprint density at radius 1 is 1.11 bits per heavy atom. The number of carbonyl (C=O) groups excluding carboxylic acids is 2. The summed E-state index contributed by atoms with van der Waals surface area (Å²) in [5.41, 5.74) is 2.45.